The number of allylic oxidation sites excluding steroid dienone is 1. The van der Waals surface area contributed by atoms with Gasteiger partial charge in [-0.25, -0.2) is 0 Å². The van der Waals surface area contributed by atoms with E-state index in [1.54, 1.807) is 24.3 Å². The second kappa shape index (κ2) is 5.19. The van der Waals surface area contributed by atoms with Crippen molar-refractivity contribution >= 4 is 23.0 Å². The highest BCUT2D eigenvalue weighted by Gasteiger charge is 2.13. The molecule has 2 rings (SSSR count). The standard InChI is InChI=1S/C16H13ClO/c1-11-5-3-4-6-15(11)16(18)12(2)13-7-9-14(17)10-8-13/h3-10H,2H2,1H3. The molecule has 0 aliphatic rings. The fourth-order valence-corrected chi connectivity index (χ4v) is 1.90. The summed E-state index contributed by atoms with van der Waals surface area (Å²) in [7, 11) is 0. The Bertz CT molecular complexity index is 597. The van der Waals surface area contributed by atoms with Gasteiger partial charge in [0.05, 0.1) is 0 Å². The van der Waals surface area contributed by atoms with Crippen molar-refractivity contribution in [3.05, 3.63) is 76.8 Å². The molecule has 0 atom stereocenters. The van der Waals surface area contributed by atoms with Gasteiger partial charge >= 0.3 is 0 Å². The monoisotopic (exact) mass is 256 g/mol. The van der Waals surface area contributed by atoms with Crippen molar-refractivity contribution in [1.29, 1.82) is 0 Å². The number of ketones is 1. The van der Waals surface area contributed by atoms with E-state index in [0.717, 1.165) is 11.1 Å². The largest absolute Gasteiger partial charge is 0.289 e. The summed E-state index contributed by atoms with van der Waals surface area (Å²) in [5.74, 6) is -0.0459. The zero-order valence-electron chi connectivity index (χ0n) is 10.1. The Hall–Kier alpha value is -1.86. The van der Waals surface area contributed by atoms with E-state index in [9.17, 15) is 4.79 Å². The fourth-order valence-electron chi connectivity index (χ4n) is 1.77. The number of Topliss-reactive ketones (excluding diaryl/α,β-unsaturated/α-hetero) is 1. The minimum Gasteiger partial charge on any atom is -0.289 e. The first kappa shape index (κ1) is 12.6. The summed E-state index contributed by atoms with van der Waals surface area (Å²) in [5, 5.41) is 0.648. The Morgan fingerprint density at radius 2 is 1.67 bits per heavy atom. The normalized spacial score (nSPS) is 10.1. The van der Waals surface area contributed by atoms with E-state index in [2.05, 4.69) is 6.58 Å². The molecule has 0 radical (unpaired) electrons. The van der Waals surface area contributed by atoms with E-state index >= 15 is 0 Å². The predicted molar refractivity (Wildman–Crippen MR) is 76.0 cm³/mol. The molecule has 0 aromatic heterocycles. The topological polar surface area (TPSA) is 17.1 Å². The zero-order chi connectivity index (χ0) is 13.1. The van der Waals surface area contributed by atoms with Gasteiger partial charge in [0.1, 0.15) is 0 Å². The van der Waals surface area contributed by atoms with Crippen LogP contribution in [0.2, 0.25) is 5.02 Å². The first-order chi connectivity index (χ1) is 8.59. The summed E-state index contributed by atoms with van der Waals surface area (Å²) < 4.78 is 0. The maximum atomic E-state index is 12.3. The highest BCUT2D eigenvalue weighted by Crippen LogP contribution is 2.21. The molecule has 0 unspecified atom stereocenters. The van der Waals surface area contributed by atoms with Gasteiger partial charge < -0.3 is 0 Å². The summed E-state index contributed by atoms with van der Waals surface area (Å²) in [6.45, 7) is 5.80. The minimum absolute atomic E-state index is 0.0459. The SMILES string of the molecule is C=C(C(=O)c1ccccc1C)c1ccc(Cl)cc1. The highest BCUT2D eigenvalue weighted by molar-refractivity contribution is 6.31. The van der Waals surface area contributed by atoms with Crippen LogP contribution in [-0.4, -0.2) is 5.78 Å². The van der Waals surface area contributed by atoms with Crippen molar-refractivity contribution in [2.75, 3.05) is 0 Å². The van der Waals surface area contributed by atoms with Gasteiger partial charge in [-0.1, -0.05) is 54.6 Å². The summed E-state index contributed by atoms with van der Waals surface area (Å²) in [4.78, 5) is 12.3. The molecule has 1 nitrogen and oxygen atoms in total. The quantitative estimate of drug-likeness (QED) is 0.582. The summed E-state index contributed by atoms with van der Waals surface area (Å²) in [5.41, 5.74) is 2.93. The molecule has 2 aromatic rings. The first-order valence-electron chi connectivity index (χ1n) is 5.65. The van der Waals surface area contributed by atoms with E-state index in [1.165, 1.54) is 0 Å². The molecular formula is C16H13ClO. The molecule has 0 aliphatic heterocycles. The lowest BCUT2D eigenvalue weighted by Crippen LogP contribution is -2.03. The number of halogens is 1. The van der Waals surface area contributed by atoms with Gasteiger partial charge in [-0.05, 0) is 30.2 Å². The summed E-state index contributed by atoms with van der Waals surface area (Å²) in [6, 6.07) is 14.6. The summed E-state index contributed by atoms with van der Waals surface area (Å²) >= 11 is 5.82. The number of hydrogen-bond acceptors (Lipinski definition) is 1. The third-order valence-corrected chi connectivity index (χ3v) is 3.11. The molecule has 0 aliphatic carbocycles. The highest BCUT2D eigenvalue weighted by atomic mass is 35.5. The number of benzene rings is 2. The van der Waals surface area contributed by atoms with Crippen LogP contribution in [0.4, 0.5) is 0 Å². The Kier molecular flexibility index (Phi) is 3.63. The fraction of sp³-hybridized carbons (Fsp3) is 0.0625. The van der Waals surface area contributed by atoms with E-state index in [-0.39, 0.29) is 5.78 Å². The van der Waals surface area contributed by atoms with Gasteiger partial charge in [0.15, 0.2) is 5.78 Å². The number of aryl methyl sites for hydroxylation is 1. The van der Waals surface area contributed by atoms with Crippen LogP contribution in [0.15, 0.2) is 55.1 Å². The average Bonchev–Trinajstić information content (AvgIpc) is 2.38. The van der Waals surface area contributed by atoms with Crippen molar-refractivity contribution in [1.82, 2.24) is 0 Å². The molecule has 0 bridgehead atoms. The second-order valence-electron chi connectivity index (χ2n) is 4.13. The van der Waals surface area contributed by atoms with Gasteiger partial charge in [0.2, 0.25) is 0 Å². The van der Waals surface area contributed by atoms with Crippen molar-refractivity contribution in [3.63, 3.8) is 0 Å². The lowest BCUT2D eigenvalue weighted by Gasteiger charge is -2.07. The van der Waals surface area contributed by atoms with Crippen molar-refractivity contribution in [2.45, 2.75) is 6.92 Å². The Balaban J connectivity index is 2.33. The smallest absolute Gasteiger partial charge is 0.193 e. The zero-order valence-corrected chi connectivity index (χ0v) is 10.9. The van der Waals surface area contributed by atoms with E-state index < -0.39 is 0 Å². The second-order valence-corrected chi connectivity index (χ2v) is 4.57. The van der Waals surface area contributed by atoms with E-state index in [0.29, 0.717) is 16.2 Å². The van der Waals surface area contributed by atoms with Gasteiger partial charge in [0, 0.05) is 16.2 Å². The Labute approximate surface area is 112 Å². The van der Waals surface area contributed by atoms with Gasteiger partial charge in [-0.15, -0.1) is 0 Å². The van der Waals surface area contributed by atoms with Gasteiger partial charge in [-0.2, -0.15) is 0 Å². The molecule has 90 valence electrons. The van der Waals surface area contributed by atoms with Crippen LogP contribution in [-0.2, 0) is 0 Å². The van der Waals surface area contributed by atoms with Crippen LogP contribution in [0, 0.1) is 6.92 Å². The molecule has 0 fully saturated rings. The molecule has 18 heavy (non-hydrogen) atoms. The maximum absolute atomic E-state index is 12.3. The van der Waals surface area contributed by atoms with Gasteiger partial charge in [-0.3, -0.25) is 4.79 Å². The van der Waals surface area contributed by atoms with Crippen molar-refractivity contribution < 1.29 is 4.79 Å². The molecule has 0 saturated heterocycles. The van der Waals surface area contributed by atoms with E-state index in [1.807, 2.05) is 31.2 Å². The molecular weight excluding hydrogens is 244 g/mol. The van der Waals surface area contributed by atoms with Crippen LogP contribution < -0.4 is 0 Å². The third kappa shape index (κ3) is 2.52. The lowest BCUT2D eigenvalue weighted by atomic mass is 9.95. The number of carbonyl (C=O) groups is 1. The van der Waals surface area contributed by atoms with Crippen LogP contribution in [0.5, 0.6) is 0 Å². The number of hydrogen-bond donors (Lipinski definition) is 0. The van der Waals surface area contributed by atoms with Crippen molar-refractivity contribution in [3.8, 4) is 0 Å². The van der Waals surface area contributed by atoms with E-state index in [4.69, 9.17) is 11.6 Å². The van der Waals surface area contributed by atoms with Gasteiger partial charge in [0.25, 0.3) is 0 Å². The lowest BCUT2D eigenvalue weighted by molar-refractivity contribution is 0.105. The van der Waals surface area contributed by atoms with Crippen LogP contribution >= 0.6 is 11.6 Å². The predicted octanol–water partition coefficient (Wildman–Crippen LogP) is 4.54. The molecule has 0 amide bonds. The Morgan fingerprint density at radius 3 is 2.28 bits per heavy atom. The molecule has 0 saturated carbocycles. The first-order valence-corrected chi connectivity index (χ1v) is 6.02. The van der Waals surface area contributed by atoms with Crippen LogP contribution in [0.3, 0.4) is 0 Å². The third-order valence-electron chi connectivity index (χ3n) is 2.86. The number of rotatable bonds is 3. The Morgan fingerprint density at radius 1 is 1.06 bits per heavy atom. The van der Waals surface area contributed by atoms with Crippen LogP contribution in [0.1, 0.15) is 21.5 Å². The molecule has 0 heterocycles. The number of carbonyl (C=O) groups excluding carboxylic acids is 1. The molecule has 0 spiro atoms. The van der Waals surface area contributed by atoms with Crippen molar-refractivity contribution in [2.24, 2.45) is 0 Å². The molecule has 2 aromatic carbocycles. The minimum atomic E-state index is -0.0459. The summed E-state index contributed by atoms with van der Waals surface area (Å²) in [6.07, 6.45) is 0. The van der Waals surface area contributed by atoms with Crippen LogP contribution in [0.25, 0.3) is 5.57 Å². The molecule has 2 heteroatoms. The molecule has 0 N–H and O–H groups in total. The average molecular weight is 257 g/mol. The maximum Gasteiger partial charge on any atom is 0.193 e.